The van der Waals surface area contributed by atoms with E-state index in [1.807, 2.05) is 12.1 Å². The van der Waals surface area contributed by atoms with Gasteiger partial charge in [0.05, 0.1) is 0 Å². The molecular weight excluding hydrogens is 307 g/mol. The van der Waals surface area contributed by atoms with Crippen LogP contribution in [0.3, 0.4) is 0 Å². The van der Waals surface area contributed by atoms with E-state index in [2.05, 4.69) is 24.5 Å². The topological polar surface area (TPSA) is 58.2 Å². The van der Waals surface area contributed by atoms with Gasteiger partial charge in [-0.2, -0.15) is 0 Å². The maximum absolute atomic E-state index is 13.1. The van der Waals surface area contributed by atoms with Crippen LogP contribution in [0.25, 0.3) is 0 Å². The normalized spacial score (nSPS) is 10.5. The van der Waals surface area contributed by atoms with Crippen molar-refractivity contribution in [3.05, 3.63) is 71.0 Å². The smallest absolute Gasteiger partial charge is 0.251 e. The number of hydrogen-bond donors (Lipinski definition) is 2. The molecule has 2 amide bonds. The highest BCUT2D eigenvalue weighted by Crippen LogP contribution is 2.14. The van der Waals surface area contributed by atoms with Crippen molar-refractivity contribution in [1.29, 1.82) is 0 Å². The lowest BCUT2D eigenvalue weighted by Gasteiger charge is -2.09. The summed E-state index contributed by atoms with van der Waals surface area (Å²) < 4.78 is 13.1. The first-order valence-electron chi connectivity index (χ1n) is 7.89. The van der Waals surface area contributed by atoms with E-state index in [0.717, 1.165) is 0 Å². The van der Waals surface area contributed by atoms with Gasteiger partial charge in [0.2, 0.25) is 0 Å². The molecule has 5 heteroatoms. The summed E-state index contributed by atoms with van der Waals surface area (Å²) in [5.74, 6) is -0.601. The molecule has 0 radical (unpaired) electrons. The van der Waals surface area contributed by atoms with Gasteiger partial charge in [-0.1, -0.05) is 32.0 Å². The SMILES string of the molecule is CC(C)c1ccc(C(=O)NCCNC(=O)c2cccc(F)c2)cc1. The molecule has 0 saturated carbocycles. The van der Waals surface area contributed by atoms with Crippen molar-refractivity contribution in [1.82, 2.24) is 10.6 Å². The molecule has 0 unspecified atom stereocenters. The summed E-state index contributed by atoms with van der Waals surface area (Å²) in [5, 5.41) is 5.37. The highest BCUT2D eigenvalue weighted by Gasteiger charge is 2.08. The van der Waals surface area contributed by atoms with Crippen molar-refractivity contribution in [2.24, 2.45) is 0 Å². The number of rotatable bonds is 6. The van der Waals surface area contributed by atoms with Crippen LogP contribution in [0.5, 0.6) is 0 Å². The summed E-state index contributed by atoms with van der Waals surface area (Å²) in [6.45, 7) is 4.75. The Morgan fingerprint density at radius 2 is 1.50 bits per heavy atom. The van der Waals surface area contributed by atoms with Crippen LogP contribution in [0.4, 0.5) is 4.39 Å². The molecule has 126 valence electrons. The first-order chi connectivity index (χ1) is 11.5. The van der Waals surface area contributed by atoms with Gasteiger partial charge in [-0.25, -0.2) is 4.39 Å². The zero-order chi connectivity index (χ0) is 17.5. The van der Waals surface area contributed by atoms with Gasteiger partial charge in [0, 0.05) is 24.2 Å². The minimum Gasteiger partial charge on any atom is -0.350 e. The van der Waals surface area contributed by atoms with Crippen LogP contribution in [0.15, 0.2) is 48.5 Å². The predicted molar refractivity (Wildman–Crippen MR) is 91.6 cm³/mol. The molecule has 0 aliphatic carbocycles. The Kier molecular flexibility index (Phi) is 6.07. The largest absolute Gasteiger partial charge is 0.350 e. The summed E-state index contributed by atoms with van der Waals surface area (Å²) in [5.41, 5.74) is 2.01. The molecule has 0 aliphatic rings. The Balaban J connectivity index is 1.77. The second-order valence-electron chi connectivity index (χ2n) is 5.80. The summed E-state index contributed by atoms with van der Waals surface area (Å²) in [4.78, 5) is 23.8. The summed E-state index contributed by atoms with van der Waals surface area (Å²) in [6, 6.07) is 12.9. The molecule has 0 aromatic heterocycles. The Bertz CT molecular complexity index is 712. The quantitative estimate of drug-likeness (QED) is 0.801. The number of carbonyl (C=O) groups excluding carboxylic acids is 2. The van der Waals surface area contributed by atoms with Crippen LogP contribution in [-0.4, -0.2) is 24.9 Å². The standard InChI is InChI=1S/C19H21FN2O2/c1-13(2)14-6-8-15(9-7-14)18(23)21-10-11-22-19(24)16-4-3-5-17(20)12-16/h3-9,12-13H,10-11H2,1-2H3,(H,21,23)(H,22,24). The third kappa shape index (κ3) is 4.91. The second-order valence-corrected chi connectivity index (χ2v) is 5.80. The van der Waals surface area contributed by atoms with Crippen LogP contribution in [0.2, 0.25) is 0 Å². The molecule has 0 saturated heterocycles. The minimum absolute atomic E-state index is 0.190. The van der Waals surface area contributed by atoms with Crippen molar-refractivity contribution >= 4 is 11.8 Å². The lowest BCUT2D eigenvalue weighted by Crippen LogP contribution is -2.34. The number of nitrogens with one attached hydrogen (secondary N) is 2. The monoisotopic (exact) mass is 328 g/mol. The van der Waals surface area contributed by atoms with Crippen molar-refractivity contribution < 1.29 is 14.0 Å². The van der Waals surface area contributed by atoms with E-state index >= 15 is 0 Å². The lowest BCUT2D eigenvalue weighted by molar-refractivity contribution is 0.0927. The molecule has 2 rings (SSSR count). The summed E-state index contributed by atoms with van der Waals surface area (Å²) in [6.07, 6.45) is 0. The van der Waals surface area contributed by atoms with Crippen molar-refractivity contribution in [3.8, 4) is 0 Å². The first-order valence-corrected chi connectivity index (χ1v) is 7.89. The van der Waals surface area contributed by atoms with Crippen molar-refractivity contribution in [3.63, 3.8) is 0 Å². The Hall–Kier alpha value is -2.69. The number of benzene rings is 2. The number of amides is 2. The first kappa shape index (κ1) is 17.7. The molecule has 4 nitrogen and oxygen atoms in total. The minimum atomic E-state index is -0.458. The fourth-order valence-corrected chi connectivity index (χ4v) is 2.21. The van der Waals surface area contributed by atoms with E-state index in [9.17, 15) is 14.0 Å². The Labute approximate surface area is 141 Å². The Morgan fingerprint density at radius 1 is 0.917 bits per heavy atom. The average Bonchev–Trinajstić information content (AvgIpc) is 2.58. The molecule has 0 heterocycles. The molecule has 0 spiro atoms. The third-order valence-corrected chi connectivity index (χ3v) is 3.62. The zero-order valence-electron chi connectivity index (χ0n) is 13.8. The average molecular weight is 328 g/mol. The predicted octanol–water partition coefficient (Wildman–Crippen LogP) is 3.11. The van der Waals surface area contributed by atoms with E-state index < -0.39 is 5.82 Å². The zero-order valence-corrected chi connectivity index (χ0v) is 13.8. The van der Waals surface area contributed by atoms with Crippen LogP contribution in [-0.2, 0) is 0 Å². The van der Waals surface area contributed by atoms with Crippen molar-refractivity contribution in [2.75, 3.05) is 13.1 Å². The van der Waals surface area contributed by atoms with Gasteiger partial charge in [-0.15, -0.1) is 0 Å². The van der Waals surface area contributed by atoms with Gasteiger partial charge in [0.1, 0.15) is 5.82 Å². The highest BCUT2D eigenvalue weighted by molar-refractivity contribution is 5.95. The maximum Gasteiger partial charge on any atom is 0.251 e. The second kappa shape index (κ2) is 8.24. The van der Waals surface area contributed by atoms with Crippen LogP contribution in [0.1, 0.15) is 46.0 Å². The van der Waals surface area contributed by atoms with Gasteiger partial charge in [-0.05, 0) is 41.8 Å². The van der Waals surface area contributed by atoms with E-state index in [1.54, 1.807) is 12.1 Å². The fraction of sp³-hybridized carbons (Fsp3) is 0.263. The molecule has 2 N–H and O–H groups in total. The maximum atomic E-state index is 13.1. The van der Waals surface area contributed by atoms with E-state index in [-0.39, 0.29) is 23.9 Å². The molecule has 24 heavy (non-hydrogen) atoms. The molecular formula is C19H21FN2O2. The molecule has 2 aromatic carbocycles. The number of carbonyl (C=O) groups is 2. The fourth-order valence-electron chi connectivity index (χ4n) is 2.21. The van der Waals surface area contributed by atoms with Gasteiger partial charge in [0.15, 0.2) is 0 Å². The molecule has 2 aromatic rings. The van der Waals surface area contributed by atoms with E-state index in [4.69, 9.17) is 0 Å². The summed E-state index contributed by atoms with van der Waals surface area (Å²) >= 11 is 0. The molecule has 0 fully saturated rings. The van der Waals surface area contributed by atoms with Crippen LogP contribution >= 0.6 is 0 Å². The summed E-state index contributed by atoms with van der Waals surface area (Å²) in [7, 11) is 0. The van der Waals surface area contributed by atoms with E-state index in [0.29, 0.717) is 18.0 Å². The van der Waals surface area contributed by atoms with Crippen LogP contribution < -0.4 is 10.6 Å². The van der Waals surface area contributed by atoms with Gasteiger partial charge in [-0.3, -0.25) is 9.59 Å². The highest BCUT2D eigenvalue weighted by atomic mass is 19.1. The molecule has 0 atom stereocenters. The number of halogens is 1. The van der Waals surface area contributed by atoms with Gasteiger partial charge in [0.25, 0.3) is 11.8 Å². The Morgan fingerprint density at radius 3 is 2.04 bits per heavy atom. The van der Waals surface area contributed by atoms with Gasteiger partial charge < -0.3 is 10.6 Å². The molecule has 0 aliphatic heterocycles. The molecule has 0 bridgehead atoms. The number of hydrogen-bond acceptors (Lipinski definition) is 2. The van der Waals surface area contributed by atoms with E-state index in [1.165, 1.54) is 29.8 Å². The van der Waals surface area contributed by atoms with Crippen LogP contribution in [0, 0.1) is 5.82 Å². The van der Waals surface area contributed by atoms with Crippen molar-refractivity contribution in [2.45, 2.75) is 19.8 Å². The third-order valence-electron chi connectivity index (χ3n) is 3.62. The van der Waals surface area contributed by atoms with Gasteiger partial charge >= 0.3 is 0 Å². The lowest BCUT2D eigenvalue weighted by atomic mass is 10.0.